The van der Waals surface area contributed by atoms with Crippen molar-refractivity contribution in [2.45, 2.75) is 57.6 Å². The number of hydrogen-bond donors (Lipinski definition) is 2. The molecule has 1 saturated carbocycles. The van der Waals surface area contributed by atoms with Crippen molar-refractivity contribution in [3.8, 4) is 23.1 Å². The standard InChI is InChI=1S/C35H43ClFN7O5/c1-20-12-23-22(13-38-42-23)25(27(20)36)29-28(37)30-26(32(39-29)46-3)31(44-10-11-47-18-34(2,45)17-44)41-33(40-30)49-19-35-7-4-6-24(35)43(9-5-8-35)14-21-15-48-16-21/h12-13,21,24,45H,4-11,14-19H2,1-3H3,(H,38,42). The van der Waals surface area contributed by atoms with Gasteiger partial charge in [0.05, 0.1) is 63.4 Å². The molecule has 3 aliphatic heterocycles. The number of hydrogen-bond acceptors (Lipinski definition) is 11. The number of H-pyrrole nitrogens is 1. The summed E-state index contributed by atoms with van der Waals surface area (Å²) in [5, 5.41) is 19.5. The first-order chi connectivity index (χ1) is 23.7. The number of benzene rings is 1. The van der Waals surface area contributed by atoms with Crippen molar-refractivity contribution in [3.63, 3.8) is 0 Å². The zero-order chi connectivity index (χ0) is 33.9. The van der Waals surface area contributed by atoms with Crippen molar-refractivity contribution >= 4 is 39.2 Å². The fraction of sp³-hybridized carbons (Fsp3) is 0.600. The number of nitrogens with one attached hydrogen (secondary N) is 1. The highest BCUT2D eigenvalue weighted by Gasteiger charge is 2.49. The average Bonchev–Trinajstić information content (AvgIpc) is 3.67. The molecule has 0 bridgehead atoms. The van der Waals surface area contributed by atoms with Crippen LogP contribution in [-0.2, 0) is 9.47 Å². The van der Waals surface area contributed by atoms with Gasteiger partial charge in [-0.1, -0.05) is 18.0 Å². The third kappa shape index (κ3) is 5.86. The molecule has 3 atom stereocenters. The molecule has 4 fully saturated rings. The van der Waals surface area contributed by atoms with Gasteiger partial charge in [-0.25, -0.2) is 9.37 Å². The van der Waals surface area contributed by atoms with E-state index in [-0.39, 0.29) is 47.1 Å². The summed E-state index contributed by atoms with van der Waals surface area (Å²) < 4.78 is 40.7. The van der Waals surface area contributed by atoms with Crippen LogP contribution in [0.4, 0.5) is 10.2 Å². The summed E-state index contributed by atoms with van der Waals surface area (Å²) in [6.07, 6.45) is 7.09. The van der Waals surface area contributed by atoms with E-state index >= 15 is 4.39 Å². The van der Waals surface area contributed by atoms with Crippen LogP contribution >= 0.6 is 11.6 Å². The van der Waals surface area contributed by atoms with E-state index in [1.807, 2.05) is 17.9 Å². The van der Waals surface area contributed by atoms with Crippen LogP contribution < -0.4 is 14.4 Å². The minimum Gasteiger partial charge on any atom is -0.480 e. The van der Waals surface area contributed by atoms with Crippen LogP contribution in [0.2, 0.25) is 5.02 Å². The summed E-state index contributed by atoms with van der Waals surface area (Å²) in [6, 6.07) is 2.35. The number of anilines is 1. The monoisotopic (exact) mass is 695 g/mol. The van der Waals surface area contributed by atoms with E-state index in [4.69, 9.17) is 45.5 Å². The number of methoxy groups -OCH3 is 1. The maximum Gasteiger partial charge on any atom is 0.319 e. The highest BCUT2D eigenvalue weighted by atomic mass is 35.5. The molecule has 3 unspecified atom stereocenters. The van der Waals surface area contributed by atoms with Crippen molar-refractivity contribution in [2.24, 2.45) is 11.3 Å². The summed E-state index contributed by atoms with van der Waals surface area (Å²) in [5.74, 6) is 0.398. The molecule has 14 heteroatoms. The van der Waals surface area contributed by atoms with Crippen molar-refractivity contribution < 1.29 is 28.4 Å². The molecule has 3 saturated heterocycles. The summed E-state index contributed by atoms with van der Waals surface area (Å²) in [5.41, 5.74) is 0.605. The molecule has 262 valence electrons. The molecule has 6 heterocycles. The number of aromatic amines is 1. The van der Waals surface area contributed by atoms with Crippen molar-refractivity contribution in [1.29, 1.82) is 0 Å². The van der Waals surface area contributed by atoms with Crippen LogP contribution in [0, 0.1) is 24.1 Å². The Hall–Kier alpha value is -3.36. The van der Waals surface area contributed by atoms with Gasteiger partial charge < -0.3 is 29.0 Å². The van der Waals surface area contributed by atoms with Gasteiger partial charge in [-0.2, -0.15) is 15.1 Å². The Morgan fingerprint density at radius 3 is 2.80 bits per heavy atom. The van der Waals surface area contributed by atoms with Gasteiger partial charge in [-0.05, 0) is 57.7 Å². The minimum atomic E-state index is -1.18. The SMILES string of the molecule is COc1nc(-c2c(Cl)c(C)cc3[nH]ncc23)c(F)c2nc(OCC34CCCC3N(CC3COC3)CCC4)nc(N3CCOCC(C)(O)C3)c12. The lowest BCUT2D eigenvalue weighted by atomic mass is 9.75. The number of aliphatic hydroxyl groups is 1. The lowest BCUT2D eigenvalue weighted by Crippen LogP contribution is -2.54. The molecule has 3 aromatic heterocycles. The second-order valence-electron chi connectivity index (χ2n) is 14.6. The van der Waals surface area contributed by atoms with E-state index in [2.05, 4.69) is 15.1 Å². The van der Waals surface area contributed by atoms with E-state index in [0.29, 0.717) is 59.0 Å². The quantitative estimate of drug-likeness (QED) is 0.260. The number of piperidine rings is 1. The van der Waals surface area contributed by atoms with Gasteiger partial charge in [0.25, 0.3) is 0 Å². The van der Waals surface area contributed by atoms with Gasteiger partial charge >= 0.3 is 6.01 Å². The maximum absolute atomic E-state index is 17.1. The Balaban J connectivity index is 1.24. The van der Waals surface area contributed by atoms with Gasteiger partial charge in [0.2, 0.25) is 5.88 Å². The summed E-state index contributed by atoms with van der Waals surface area (Å²) in [6.45, 7) is 8.88. The van der Waals surface area contributed by atoms with Crippen molar-refractivity contribution in [3.05, 3.63) is 28.7 Å². The van der Waals surface area contributed by atoms with E-state index < -0.39 is 11.4 Å². The molecule has 0 amide bonds. The van der Waals surface area contributed by atoms with Gasteiger partial charge in [0.15, 0.2) is 5.82 Å². The minimum absolute atomic E-state index is 0.00315. The first-order valence-electron chi connectivity index (χ1n) is 17.2. The molecule has 8 rings (SSSR count). The predicted octanol–water partition coefficient (Wildman–Crippen LogP) is 4.93. The maximum atomic E-state index is 17.1. The number of fused-ring (bicyclic) bond motifs is 3. The topological polar surface area (TPSA) is 131 Å². The summed E-state index contributed by atoms with van der Waals surface area (Å²) in [7, 11) is 1.48. The molecule has 2 N–H and O–H groups in total. The largest absolute Gasteiger partial charge is 0.480 e. The third-order valence-corrected chi connectivity index (χ3v) is 11.4. The zero-order valence-electron chi connectivity index (χ0n) is 28.2. The second-order valence-corrected chi connectivity index (χ2v) is 15.0. The zero-order valence-corrected chi connectivity index (χ0v) is 29.0. The predicted molar refractivity (Wildman–Crippen MR) is 183 cm³/mol. The normalized spacial score (nSPS) is 26.6. The molecule has 0 radical (unpaired) electrons. The first kappa shape index (κ1) is 32.8. The highest BCUT2D eigenvalue weighted by Crippen LogP contribution is 2.49. The van der Waals surface area contributed by atoms with Gasteiger partial charge in [0.1, 0.15) is 28.0 Å². The number of β-amino-alcohol motifs (C(OH)–C–C–N with tert-alkyl or cyclic N) is 1. The first-order valence-corrected chi connectivity index (χ1v) is 17.6. The van der Waals surface area contributed by atoms with Crippen LogP contribution in [0.15, 0.2) is 12.3 Å². The number of aryl methyl sites for hydroxylation is 1. The van der Waals surface area contributed by atoms with Crippen molar-refractivity contribution in [1.82, 2.24) is 30.0 Å². The van der Waals surface area contributed by atoms with Crippen molar-refractivity contribution in [2.75, 3.05) is 71.2 Å². The van der Waals surface area contributed by atoms with Crippen LogP contribution in [0.3, 0.4) is 0 Å². The number of likely N-dealkylation sites (tertiary alicyclic amines) is 1. The lowest BCUT2D eigenvalue weighted by molar-refractivity contribution is -0.0731. The Labute approximate surface area is 289 Å². The number of pyridine rings is 1. The summed E-state index contributed by atoms with van der Waals surface area (Å²) >= 11 is 6.85. The Morgan fingerprint density at radius 2 is 2.00 bits per heavy atom. The number of aromatic nitrogens is 5. The van der Waals surface area contributed by atoms with Gasteiger partial charge in [-0.3, -0.25) is 10.00 Å². The van der Waals surface area contributed by atoms with E-state index in [0.717, 1.165) is 64.0 Å². The number of ether oxygens (including phenoxy) is 4. The molecule has 12 nitrogen and oxygen atoms in total. The molecule has 4 aliphatic rings. The number of rotatable bonds is 8. The number of nitrogens with zero attached hydrogens (tertiary/aromatic N) is 6. The fourth-order valence-corrected chi connectivity index (χ4v) is 8.73. The van der Waals surface area contributed by atoms with Crippen LogP contribution in [0.25, 0.3) is 33.1 Å². The fourth-order valence-electron chi connectivity index (χ4n) is 8.49. The Bertz CT molecular complexity index is 1890. The number of halogens is 2. The molecule has 49 heavy (non-hydrogen) atoms. The summed E-state index contributed by atoms with van der Waals surface area (Å²) in [4.78, 5) is 18.9. The molecular weight excluding hydrogens is 653 g/mol. The second kappa shape index (κ2) is 12.8. The lowest BCUT2D eigenvalue weighted by Gasteiger charge is -2.48. The smallest absolute Gasteiger partial charge is 0.319 e. The molecule has 1 aromatic carbocycles. The average molecular weight is 696 g/mol. The Morgan fingerprint density at radius 1 is 1.16 bits per heavy atom. The van der Waals surface area contributed by atoms with Crippen LogP contribution in [0.1, 0.15) is 44.6 Å². The van der Waals surface area contributed by atoms with Gasteiger partial charge in [-0.15, -0.1) is 0 Å². The van der Waals surface area contributed by atoms with E-state index in [1.54, 1.807) is 13.1 Å². The third-order valence-electron chi connectivity index (χ3n) is 10.9. The molecular formula is C35H43ClFN7O5. The molecule has 0 spiro atoms. The van der Waals surface area contributed by atoms with Gasteiger partial charge in [0, 0.05) is 41.4 Å². The molecule has 4 aromatic rings. The Kier molecular flexibility index (Phi) is 8.54. The van der Waals surface area contributed by atoms with E-state index in [9.17, 15) is 5.11 Å². The van der Waals surface area contributed by atoms with E-state index in [1.165, 1.54) is 7.11 Å². The van der Waals surface area contributed by atoms with Crippen LogP contribution in [-0.4, -0.2) is 113 Å². The molecule has 1 aliphatic carbocycles. The van der Waals surface area contributed by atoms with Crippen LogP contribution in [0.5, 0.6) is 11.9 Å². The highest BCUT2D eigenvalue weighted by molar-refractivity contribution is 6.35.